The summed E-state index contributed by atoms with van der Waals surface area (Å²) in [7, 11) is 0.903. The zero-order valence-electron chi connectivity index (χ0n) is 7.34. The van der Waals surface area contributed by atoms with Crippen LogP contribution in [0.4, 0.5) is 8.78 Å². The Kier molecular flexibility index (Phi) is 3.67. The Morgan fingerprint density at radius 3 is 2.47 bits per heavy atom. The molecule has 15 heavy (non-hydrogen) atoms. The lowest BCUT2D eigenvalue weighted by molar-refractivity contribution is 0.144. The minimum absolute atomic E-state index is 0.189. The summed E-state index contributed by atoms with van der Waals surface area (Å²) in [6.45, 7) is 1.41. The molecule has 0 bridgehead atoms. The number of hydrogen-bond acceptors (Lipinski definition) is 3. The van der Waals surface area contributed by atoms with Gasteiger partial charge in [0.25, 0.3) is 15.5 Å². The first-order valence-corrected chi connectivity index (χ1v) is 6.73. The Morgan fingerprint density at radius 2 is 2.07 bits per heavy atom. The van der Waals surface area contributed by atoms with Gasteiger partial charge in [-0.1, -0.05) is 15.9 Å². The highest BCUT2D eigenvalue weighted by Crippen LogP contribution is 2.29. The SMILES string of the molecule is Cc1c(Br)cc(S(=O)(=O)Cl)nc1C(F)F. The van der Waals surface area contributed by atoms with Crippen molar-refractivity contribution in [1.82, 2.24) is 4.98 Å². The quantitative estimate of drug-likeness (QED) is 0.787. The normalized spacial score (nSPS) is 12.1. The Balaban J connectivity index is 3.50. The lowest BCUT2D eigenvalue weighted by atomic mass is 10.2. The first kappa shape index (κ1) is 12.8. The molecule has 3 nitrogen and oxygen atoms in total. The molecule has 0 saturated carbocycles. The smallest absolute Gasteiger partial charge is 0.234 e. The summed E-state index contributed by atoms with van der Waals surface area (Å²) in [4.78, 5) is 3.30. The van der Waals surface area contributed by atoms with E-state index in [1.807, 2.05) is 0 Å². The second-order valence-electron chi connectivity index (χ2n) is 2.69. The second kappa shape index (κ2) is 4.31. The fourth-order valence-corrected chi connectivity index (χ4v) is 2.19. The predicted molar refractivity (Wildman–Crippen MR) is 54.7 cm³/mol. The van der Waals surface area contributed by atoms with E-state index in [1.54, 1.807) is 0 Å². The van der Waals surface area contributed by atoms with Gasteiger partial charge in [0.15, 0.2) is 5.03 Å². The molecule has 84 valence electrons. The highest BCUT2D eigenvalue weighted by atomic mass is 79.9. The molecule has 0 aliphatic rings. The van der Waals surface area contributed by atoms with Crippen LogP contribution in [0.2, 0.25) is 0 Å². The van der Waals surface area contributed by atoms with Crippen LogP contribution in [0.3, 0.4) is 0 Å². The molecule has 0 atom stereocenters. The molecule has 8 heteroatoms. The van der Waals surface area contributed by atoms with Gasteiger partial charge >= 0.3 is 0 Å². The van der Waals surface area contributed by atoms with Crippen molar-refractivity contribution < 1.29 is 17.2 Å². The zero-order valence-corrected chi connectivity index (χ0v) is 10.5. The fourth-order valence-electron chi connectivity index (χ4n) is 0.911. The largest absolute Gasteiger partial charge is 0.280 e. The molecule has 0 aliphatic heterocycles. The molecule has 0 saturated heterocycles. The maximum Gasteiger partial charge on any atom is 0.280 e. The number of halogens is 4. The lowest BCUT2D eigenvalue weighted by Gasteiger charge is -2.07. The highest BCUT2D eigenvalue weighted by molar-refractivity contribution is 9.10. The second-order valence-corrected chi connectivity index (χ2v) is 6.06. The average molecular weight is 321 g/mol. The maximum absolute atomic E-state index is 12.5. The molecule has 0 unspecified atom stereocenters. The Bertz CT molecular complexity index is 492. The van der Waals surface area contributed by atoms with Gasteiger partial charge in [-0.3, -0.25) is 0 Å². The van der Waals surface area contributed by atoms with Gasteiger partial charge in [0.05, 0.1) is 0 Å². The van der Waals surface area contributed by atoms with E-state index in [9.17, 15) is 17.2 Å². The van der Waals surface area contributed by atoms with Crippen LogP contribution in [0, 0.1) is 6.92 Å². The van der Waals surface area contributed by atoms with Crippen molar-refractivity contribution in [2.75, 3.05) is 0 Å². The van der Waals surface area contributed by atoms with Crippen LogP contribution in [-0.2, 0) is 9.05 Å². The van der Waals surface area contributed by atoms with Gasteiger partial charge in [0.2, 0.25) is 0 Å². The topological polar surface area (TPSA) is 47.0 Å². The van der Waals surface area contributed by atoms with Crippen molar-refractivity contribution in [3.63, 3.8) is 0 Å². The van der Waals surface area contributed by atoms with Gasteiger partial charge in [0, 0.05) is 15.2 Å². The molecule has 0 radical (unpaired) electrons. The number of rotatable bonds is 2. The van der Waals surface area contributed by atoms with Crippen LogP contribution >= 0.6 is 26.6 Å². The van der Waals surface area contributed by atoms with Crippen molar-refractivity contribution in [2.45, 2.75) is 18.4 Å². The Hall–Kier alpha value is -0.270. The summed E-state index contributed by atoms with van der Waals surface area (Å²) in [6, 6.07) is 1.09. The Morgan fingerprint density at radius 1 is 1.53 bits per heavy atom. The van der Waals surface area contributed by atoms with Crippen LogP contribution in [0.25, 0.3) is 0 Å². The van der Waals surface area contributed by atoms with Gasteiger partial charge < -0.3 is 0 Å². The fraction of sp³-hybridized carbons (Fsp3) is 0.286. The van der Waals surface area contributed by atoms with E-state index in [4.69, 9.17) is 10.7 Å². The summed E-state index contributed by atoms with van der Waals surface area (Å²) in [6.07, 6.45) is -2.85. The molecule has 0 N–H and O–H groups in total. The summed E-state index contributed by atoms with van der Waals surface area (Å²) >= 11 is 2.96. The summed E-state index contributed by atoms with van der Waals surface area (Å²) in [5.41, 5.74) is -0.405. The van der Waals surface area contributed by atoms with Crippen LogP contribution in [0.5, 0.6) is 0 Å². The Labute approximate surface area is 98.0 Å². The first-order chi connectivity index (χ1) is 6.73. The van der Waals surface area contributed by atoms with Gasteiger partial charge in [0.1, 0.15) is 5.69 Å². The van der Waals surface area contributed by atoms with Crippen LogP contribution < -0.4 is 0 Å². The molecule has 0 amide bonds. The molecule has 1 heterocycles. The zero-order chi connectivity index (χ0) is 11.8. The highest BCUT2D eigenvalue weighted by Gasteiger charge is 2.21. The summed E-state index contributed by atoms with van der Waals surface area (Å²) < 4.78 is 47.0. The van der Waals surface area contributed by atoms with Crippen LogP contribution in [0.1, 0.15) is 17.7 Å². The molecular weight excluding hydrogens is 316 g/mol. The van der Waals surface area contributed by atoms with Gasteiger partial charge in [-0.2, -0.15) is 0 Å². The molecule has 1 aromatic heterocycles. The summed E-state index contributed by atoms with van der Waals surface area (Å²) in [5, 5.41) is -0.586. The molecule has 1 aromatic rings. The van der Waals surface area contributed by atoms with Gasteiger partial charge in [-0.15, -0.1) is 0 Å². The van der Waals surface area contributed by atoms with Crippen molar-refractivity contribution in [3.8, 4) is 0 Å². The van der Waals surface area contributed by atoms with E-state index in [0.29, 0.717) is 0 Å². The maximum atomic E-state index is 12.5. The van der Waals surface area contributed by atoms with Crippen molar-refractivity contribution in [2.24, 2.45) is 0 Å². The van der Waals surface area contributed by atoms with E-state index < -0.39 is 26.2 Å². The molecule has 0 spiro atoms. The van der Waals surface area contributed by atoms with Crippen molar-refractivity contribution in [1.29, 1.82) is 0 Å². The van der Waals surface area contributed by atoms with Gasteiger partial charge in [-0.25, -0.2) is 22.2 Å². The number of nitrogens with zero attached hydrogens (tertiary/aromatic N) is 1. The van der Waals surface area contributed by atoms with E-state index in [2.05, 4.69) is 20.9 Å². The minimum Gasteiger partial charge on any atom is -0.234 e. The molecule has 1 rings (SSSR count). The van der Waals surface area contributed by atoms with Crippen LogP contribution in [0.15, 0.2) is 15.6 Å². The van der Waals surface area contributed by atoms with Crippen LogP contribution in [-0.4, -0.2) is 13.4 Å². The van der Waals surface area contributed by atoms with Gasteiger partial charge in [-0.05, 0) is 18.6 Å². The van der Waals surface area contributed by atoms with E-state index in [0.717, 1.165) is 6.07 Å². The van der Waals surface area contributed by atoms with E-state index in [-0.39, 0.29) is 10.0 Å². The first-order valence-electron chi connectivity index (χ1n) is 3.63. The summed E-state index contributed by atoms with van der Waals surface area (Å²) in [5.74, 6) is 0. The minimum atomic E-state index is -4.10. The molecule has 0 aliphatic carbocycles. The number of hydrogen-bond donors (Lipinski definition) is 0. The third-order valence-electron chi connectivity index (χ3n) is 1.68. The third-order valence-corrected chi connectivity index (χ3v) is 3.69. The van der Waals surface area contributed by atoms with Crippen molar-refractivity contribution in [3.05, 3.63) is 21.8 Å². The lowest BCUT2D eigenvalue weighted by Crippen LogP contribution is -2.02. The third kappa shape index (κ3) is 2.85. The number of aromatic nitrogens is 1. The molecule has 0 aromatic carbocycles. The standard InChI is InChI=1S/C7H5BrClF2NO2S/c1-3-4(8)2-5(15(9,13)14)12-6(3)7(10)11/h2,7H,1H3. The molecular formula is C7H5BrClF2NO2S. The average Bonchev–Trinajstić information content (AvgIpc) is 2.06. The monoisotopic (exact) mass is 319 g/mol. The van der Waals surface area contributed by atoms with Crippen molar-refractivity contribution >= 4 is 35.7 Å². The van der Waals surface area contributed by atoms with E-state index in [1.165, 1.54) is 6.92 Å². The van der Waals surface area contributed by atoms with E-state index >= 15 is 0 Å². The molecule has 0 fully saturated rings. The predicted octanol–water partition coefficient (Wildman–Crippen LogP) is 3.02. The number of alkyl halides is 2. The number of pyridine rings is 1.